The second-order valence-electron chi connectivity index (χ2n) is 11.9. The Morgan fingerprint density at radius 2 is 1.49 bits per heavy atom. The van der Waals surface area contributed by atoms with Crippen LogP contribution in [0.3, 0.4) is 0 Å². The SMILES string of the molecule is Cc1ccc(S(=O)(=O)N(CC(=O)N(Cc2ccc(Cl)c(Cl)c2)[C@H](Cc2ccccc2)C(=O)NCC(C)C)c2ccc(Cl)cc2C)cc1. The van der Waals surface area contributed by atoms with E-state index in [-0.39, 0.29) is 29.7 Å². The second kappa shape index (κ2) is 16.0. The van der Waals surface area contributed by atoms with Gasteiger partial charge >= 0.3 is 0 Å². The maximum Gasteiger partial charge on any atom is 0.264 e. The molecule has 4 aromatic rings. The molecule has 0 bridgehead atoms. The van der Waals surface area contributed by atoms with E-state index in [0.29, 0.717) is 38.4 Å². The summed E-state index contributed by atoms with van der Waals surface area (Å²) in [6, 6.07) is 24.6. The number of benzene rings is 4. The molecule has 0 radical (unpaired) electrons. The number of nitrogens with zero attached hydrogens (tertiary/aromatic N) is 2. The van der Waals surface area contributed by atoms with Crippen molar-refractivity contribution in [3.63, 3.8) is 0 Å². The molecule has 0 unspecified atom stereocenters. The Labute approximate surface area is 292 Å². The Bertz CT molecular complexity index is 1820. The van der Waals surface area contributed by atoms with Crippen LogP contribution in [0.2, 0.25) is 15.1 Å². The molecule has 0 aliphatic heterocycles. The first-order valence-electron chi connectivity index (χ1n) is 15.2. The zero-order valence-electron chi connectivity index (χ0n) is 26.7. The maximum atomic E-state index is 14.6. The van der Waals surface area contributed by atoms with E-state index in [4.69, 9.17) is 34.8 Å². The molecule has 0 saturated carbocycles. The Morgan fingerprint density at radius 1 is 0.809 bits per heavy atom. The normalized spacial score (nSPS) is 12.1. The fourth-order valence-corrected chi connectivity index (χ4v) is 7.09. The number of halogens is 3. The lowest BCUT2D eigenvalue weighted by atomic mass is 10.0. The third kappa shape index (κ3) is 9.51. The summed E-state index contributed by atoms with van der Waals surface area (Å²) in [7, 11) is -4.24. The Balaban J connectivity index is 1.84. The van der Waals surface area contributed by atoms with Crippen LogP contribution in [-0.4, -0.2) is 44.3 Å². The molecule has 0 aliphatic rings. The van der Waals surface area contributed by atoms with Gasteiger partial charge in [-0.05, 0) is 78.9 Å². The van der Waals surface area contributed by atoms with Crippen LogP contribution in [0.1, 0.15) is 36.1 Å². The summed E-state index contributed by atoms with van der Waals surface area (Å²) in [5.41, 5.74) is 3.20. The predicted octanol–water partition coefficient (Wildman–Crippen LogP) is 7.87. The summed E-state index contributed by atoms with van der Waals surface area (Å²) in [6.45, 7) is 7.34. The smallest absolute Gasteiger partial charge is 0.264 e. The number of anilines is 1. The summed E-state index contributed by atoms with van der Waals surface area (Å²) in [5, 5.41) is 4.04. The number of carbonyl (C=O) groups is 2. The topological polar surface area (TPSA) is 86.8 Å². The molecule has 1 N–H and O–H groups in total. The van der Waals surface area contributed by atoms with Gasteiger partial charge in [-0.2, -0.15) is 0 Å². The lowest BCUT2D eigenvalue weighted by molar-refractivity contribution is -0.140. The third-order valence-electron chi connectivity index (χ3n) is 7.61. The fraction of sp³-hybridized carbons (Fsp3) is 0.278. The molecular weight excluding hydrogens is 677 g/mol. The van der Waals surface area contributed by atoms with E-state index >= 15 is 0 Å². The van der Waals surface area contributed by atoms with Crippen molar-refractivity contribution in [1.82, 2.24) is 10.2 Å². The van der Waals surface area contributed by atoms with Crippen LogP contribution in [0, 0.1) is 19.8 Å². The molecule has 7 nitrogen and oxygen atoms in total. The van der Waals surface area contributed by atoms with Gasteiger partial charge in [0.25, 0.3) is 10.0 Å². The number of rotatable bonds is 13. The first-order valence-corrected chi connectivity index (χ1v) is 17.7. The summed E-state index contributed by atoms with van der Waals surface area (Å²) in [6.07, 6.45) is 0.197. The van der Waals surface area contributed by atoms with E-state index in [1.165, 1.54) is 17.0 Å². The minimum atomic E-state index is -4.24. The number of amides is 2. The van der Waals surface area contributed by atoms with Gasteiger partial charge in [0.1, 0.15) is 12.6 Å². The van der Waals surface area contributed by atoms with Crippen LogP contribution >= 0.6 is 34.8 Å². The lowest BCUT2D eigenvalue weighted by Gasteiger charge is -2.34. The van der Waals surface area contributed by atoms with E-state index in [0.717, 1.165) is 15.4 Å². The van der Waals surface area contributed by atoms with Crippen molar-refractivity contribution in [2.24, 2.45) is 5.92 Å². The summed E-state index contributed by atoms with van der Waals surface area (Å²) in [4.78, 5) is 30.0. The van der Waals surface area contributed by atoms with Gasteiger partial charge < -0.3 is 10.2 Å². The highest BCUT2D eigenvalue weighted by Crippen LogP contribution is 2.30. The van der Waals surface area contributed by atoms with Gasteiger partial charge in [0.05, 0.1) is 20.6 Å². The number of sulfonamides is 1. The Hall–Kier alpha value is -3.56. The van der Waals surface area contributed by atoms with Crippen molar-refractivity contribution in [2.45, 2.75) is 51.6 Å². The Morgan fingerprint density at radius 3 is 2.11 bits per heavy atom. The first-order chi connectivity index (χ1) is 22.3. The van der Waals surface area contributed by atoms with Gasteiger partial charge in [-0.15, -0.1) is 0 Å². The zero-order chi connectivity index (χ0) is 34.3. The van der Waals surface area contributed by atoms with Crippen LogP contribution in [0.25, 0.3) is 0 Å². The highest BCUT2D eigenvalue weighted by Gasteiger charge is 2.35. The molecule has 0 fully saturated rings. The van der Waals surface area contributed by atoms with Gasteiger partial charge in [-0.1, -0.05) is 103 Å². The minimum Gasteiger partial charge on any atom is -0.354 e. The van der Waals surface area contributed by atoms with Gasteiger partial charge in [0, 0.05) is 24.5 Å². The fourth-order valence-electron chi connectivity index (χ4n) is 5.06. The summed E-state index contributed by atoms with van der Waals surface area (Å²) >= 11 is 18.8. The number of carbonyl (C=O) groups excluding carboxylic acids is 2. The van der Waals surface area contributed by atoms with Gasteiger partial charge in [0.15, 0.2) is 0 Å². The largest absolute Gasteiger partial charge is 0.354 e. The molecule has 4 aromatic carbocycles. The van der Waals surface area contributed by atoms with E-state index in [2.05, 4.69) is 5.32 Å². The predicted molar refractivity (Wildman–Crippen MR) is 191 cm³/mol. The molecule has 0 saturated heterocycles. The highest BCUT2D eigenvalue weighted by molar-refractivity contribution is 7.92. The maximum absolute atomic E-state index is 14.6. The zero-order valence-corrected chi connectivity index (χ0v) is 29.8. The van der Waals surface area contributed by atoms with Crippen molar-refractivity contribution in [2.75, 3.05) is 17.4 Å². The number of hydrogen-bond acceptors (Lipinski definition) is 4. The number of nitrogens with one attached hydrogen (secondary N) is 1. The first kappa shape index (κ1) is 36.3. The standard InChI is InChI=1S/C36H38Cl3N3O4S/c1-24(2)21-40-36(44)34(20-27-8-6-5-7-9-27)41(22-28-12-16-31(38)32(39)19-28)35(43)23-42(33-17-13-29(37)18-26(33)4)47(45,46)30-14-10-25(3)11-15-30/h5-19,24,34H,20-23H2,1-4H3,(H,40,44)/t34-/m1/s1. The molecule has 2 amide bonds. The molecule has 4 rings (SSSR count). The molecule has 11 heteroatoms. The van der Waals surface area contributed by atoms with Crippen molar-refractivity contribution in [1.29, 1.82) is 0 Å². The molecule has 0 spiro atoms. The van der Waals surface area contributed by atoms with Crippen LogP contribution in [0.5, 0.6) is 0 Å². The van der Waals surface area contributed by atoms with Crippen LogP contribution in [-0.2, 0) is 32.6 Å². The molecule has 47 heavy (non-hydrogen) atoms. The monoisotopic (exact) mass is 713 g/mol. The van der Waals surface area contributed by atoms with Crippen LogP contribution in [0.15, 0.2) is 95.9 Å². The van der Waals surface area contributed by atoms with Crippen molar-refractivity contribution < 1.29 is 18.0 Å². The van der Waals surface area contributed by atoms with Crippen LogP contribution < -0.4 is 9.62 Å². The number of aryl methyl sites for hydroxylation is 2. The Kier molecular flexibility index (Phi) is 12.4. The molecule has 1 atom stereocenters. The summed E-state index contributed by atoms with van der Waals surface area (Å²) < 4.78 is 29.6. The van der Waals surface area contributed by atoms with Gasteiger partial charge in [-0.25, -0.2) is 8.42 Å². The minimum absolute atomic E-state index is 0.0248. The molecule has 0 aromatic heterocycles. The van der Waals surface area contributed by atoms with Crippen molar-refractivity contribution >= 4 is 62.3 Å². The van der Waals surface area contributed by atoms with E-state index < -0.39 is 28.5 Å². The van der Waals surface area contributed by atoms with Gasteiger partial charge in [0.2, 0.25) is 11.8 Å². The van der Waals surface area contributed by atoms with Crippen molar-refractivity contribution in [3.05, 3.63) is 128 Å². The van der Waals surface area contributed by atoms with Crippen LogP contribution in [0.4, 0.5) is 5.69 Å². The molecular formula is C36H38Cl3N3O4S. The second-order valence-corrected chi connectivity index (χ2v) is 15.0. The average Bonchev–Trinajstić information content (AvgIpc) is 3.03. The molecule has 0 heterocycles. The average molecular weight is 715 g/mol. The third-order valence-corrected chi connectivity index (χ3v) is 10.4. The number of hydrogen-bond donors (Lipinski definition) is 1. The van der Waals surface area contributed by atoms with Crippen molar-refractivity contribution in [3.8, 4) is 0 Å². The quantitative estimate of drug-likeness (QED) is 0.153. The molecule has 0 aliphatic carbocycles. The lowest BCUT2D eigenvalue weighted by Crippen LogP contribution is -2.53. The van der Waals surface area contributed by atoms with E-state index in [1.807, 2.05) is 51.1 Å². The van der Waals surface area contributed by atoms with Gasteiger partial charge in [-0.3, -0.25) is 13.9 Å². The van der Waals surface area contributed by atoms with E-state index in [1.54, 1.807) is 55.5 Å². The summed E-state index contributed by atoms with van der Waals surface area (Å²) in [5.74, 6) is -0.771. The highest BCUT2D eigenvalue weighted by atomic mass is 35.5. The van der Waals surface area contributed by atoms with E-state index in [9.17, 15) is 18.0 Å². The molecule has 248 valence electrons.